The lowest BCUT2D eigenvalue weighted by Gasteiger charge is -2.28. The number of hydrogen-bond acceptors (Lipinski definition) is 3. The predicted octanol–water partition coefficient (Wildman–Crippen LogP) is 2.71. The summed E-state index contributed by atoms with van der Waals surface area (Å²) in [5.74, 6) is 2.77. The number of hydrogen-bond donors (Lipinski definition) is 0. The minimum Gasteiger partial charge on any atom is -0.382 e. The van der Waals surface area contributed by atoms with Crippen LogP contribution in [0.15, 0.2) is 0 Å². The molecule has 3 nitrogen and oxygen atoms in total. The van der Waals surface area contributed by atoms with Crippen molar-refractivity contribution >= 4 is 11.6 Å². The van der Waals surface area contributed by atoms with Crippen molar-refractivity contribution in [1.82, 2.24) is 0 Å². The largest absolute Gasteiger partial charge is 0.382 e. The second-order valence-electron chi connectivity index (χ2n) is 5.77. The number of rotatable bonds is 10. The van der Waals surface area contributed by atoms with Crippen LogP contribution in [0.5, 0.6) is 0 Å². The molecule has 0 aliphatic heterocycles. The molecule has 0 amide bonds. The van der Waals surface area contributed by atoms with Crippen molar-refractivity contribution in [3.05, 3.63) is 0 Å². The van der Waals surface area contributed by atoms with Crippen LogP contribution in [0.1, 0.15) is 25.7 Å². The monoisotopic (exact) mass is 276 g/mol. The van der Waals surface area contributed by atoms with Crippen LogP contribution in [0.25, 0.3) is 0 Å². The first-order valence-electron chi connectivity index (χ1n) is 7.00. The zero-order chi connectivity index (χ0) is 12.8. The summed E-state index contributed by atoms with van der Waals surface area (Å²) in [7, 11) is 1.68. The summed E-state index contributed by atoms with van der Waals surface area (Å²) in [6.07, 6.45) is 5.22. The van der Waals surface area contributed by atoms with Crippen molar-refractivity contribution in [3.63, 3.8) is 0 Å². The van der Waals surface area contributed by atoms with E-state index in [1.165, 1.54) is 19.3 Å². The van der Waals surface area contributed by atoms with E-state index in [0.29, 0.717) is 31.8 Å². The van der Waals surface area contributed by atoms with E-state index in [2.05, 4.69) is 0 Å². The quantitative estimate of drug-likeness (QED) is 0.454. The molecule has 18 heavy (non-hydrogen) atoms. The molecule has 106 valence electrons. The van der Waals surface area contributed by atoms with Gasteiger partial charge in [-0.3, -0.25) is 0 Å². The Hall–Kier alpha value is 0.170. The Morgan fingerprint density at radius 1 is 1.00 bits per heavy atom. The van der Waals surface area contributed by atoms with Gasteiger partial charge in [-0.05, 0) is 42.9 Å². The Bertz CT molecular complexity index is 237. The third-order valence-corrected chi connectivity index (χ3v) is 4.89. The maximum atomic E-state index is 6.15. The molecule has 2 unspecified atom stereocenters. The lowest BCUT2D eigenvalue weighted by atomic mass is 9.82. The van der Waals surface area contributed by atoms with E-state index in [0.717, 1.165) is 30.7 Å². The first-order chi connectivity index (χ1) is 8.79. The number of alkyl halides is 1. The summed E-state index contributed by atoms with van der Waals surface area (Å²) >= 11 is 6.15. The van der Waals surface area contributed by atoms with Gasteiger partial charge in [0.1, 0.15) is 0 Å². The summed E-state index contributed by atoms with van der Waals surface area (Å²) in [4.78, 5) is 0. The Kier molecular flexibility index (Phi) is 5.74. The van der Waals surface area contributed by atoms with Gasteiger partial charge in [0.15, 0.2) is 0 Å². The van der Waals surface area contributed by atoms with Gasteiger partial charge in [0.05, 0.1) is 26.4 Å². The van der Waals surface area contributed by atoms with Crippen LogP contribution >= 0.6 is 11.6 Å². The fourth-order valence-electron chi connectivity index (χ4n) is 3.14. The van der Waals surface area contributed by atoms with E-state index in [1.54, 1.807) is 7.11 Å². The fourth-order valence-corrected chi connectivity index (χ4v) is 3.49. The molecule has 2 atom stereocenters. The normalized spacial score (nSPS) is 33.7. The summed E-state index contributed by atoms with van der Waals surface area (Å²) in [5.41, 5.74) is 0.381. The highest BCUT2D eigenvalue weighted by molar-refractivity contribution is 6.18. The third-order valence-electron chi connectivity index (χ3n) is 4.32. The van der Waals surface area contributed by atoms with E-state index < -0.39 is 0 Å². The zero-order valence-corrected chi connectivity index (χ0v) is 12.1. The van der Waals surface area contributed by atoms with Gasteiger partial charge in [-0.1, -0.05) is 0 Å². The first kappa shape index (κ1) is 14.6. The Balaban J connectivity index is 1.47. The van der Waals surface area contributed by atoms with Crippen molar-refractivity contribution in [2.75, 3.05) is 46.0 Å². The van der Waals surface area contributed by atoms with Crippen molar-refractivity contribution in [2.24, 2.45) is 17.3 Å². The highest BCUT2D eigenvalue weighted by Gasteiger charge is 2.52. The number of methoxy groups -OCH3 is 1. The van der Waals surface area contributed by atoms with E-state index >= 15 is 0 Å². The lowest BCUT2D eigenvalue weighted by molar-refractivity contribution is 0.0173. The molecule has 2 aliphatic carbocycles. The highest BCUT2D eigenvalue weighted by atomic mass is 35.5. The zero-order valence-electron chi connectivity index (χ0n) is 11.3. The van der Waals surface area contributed by atoms with Gasteiger partial charge in [-0.15, -0.1) is 11.6 Å². The van der Waals surface area contributed by atoms with Crippen LogP contribution in [0.4, 0.5) is 0 Å². The molecule has 4 heteroatoms. The molecule has 0 heterocycles. The van der Waals surface area contributed by atoms with Gasteiger partial charge in [-0.2, -0.15) is 0 Å². The Labute approximate surface area is 115 Å². The maximum Gasteiger partial charge on any atom is 0.0701 e. The van der Waals surface area contributed by atoms with Gasteiger partial charge >= 0.3 is 0 Å². The third kappa shape index (κ3) is 4.09. The molecule has 0 bridgehead atoms. The van der Waals surface area contributed by atoms with E-state index in [-0.39, 0.29) is 0 Å². The minimum atomic E-state index is 0.381. The smallest absolute Gasteiger partial charge is 0.0701 e. The molecular formula is C14H25ClO3. The minimum absolute atomic E-state index is 0.381. The molecule has 2 saturated carbocycles. The van der Waals surface area contributed by atoms with Crippen LogP contribution in [0.3, 0.4) is 0 Å². The van der Waals surface area contributed by atoms with Crippen LogP contribution in [-0.4, -0.2) is 46.0 Å². The molecular weight excluding hydrogens is 252 g/mol. The van der Waals surface area contributed by atoms with E-state index in [1.807, 2.05) is 0 Å². The van der Waals surface area contributed by atoms with Crippen LogP contribution < -0.4 is 0 Å². The number of halogens is 1. The van der Waals surface area contributed by atoms with Crippen molar-refractivity contribution in [1.29, 1.82) is 0 Å². The van der Waals surface area contributed by atoms with Crippen LogP contribution in [0.2, 0.25) is 0 Å². The maximum absolute atomic E-state index is 6.15. The van der Waals surface area contributed by atoms with Gasteiger partial charge in [0.2, 0.25) is 0 Å². The molecule has 2 fully saturated rings. The second-order valence-corrected chi connectivity index (χ2v) is 6.03. The average Bonchev–Trinajstić information content (AvgIpc) is 3.01. The lowest BCUT2D eigenvalue weighted by Crippen LogP contribution is -2.23. The molecule has 0 saturated heterocycles. The molecule has 0 radical (unpaired) electrons. The fraction of sp³-hybridized carbons (Fsp3) is 1.00. The average molecular weight is 277 g/mol. The van der Waals surface area contributed by atoms with Gasteiger partial charge < -0.3 is 14.2 Å². The van der Waals surface area contributed by atoms with Crippen molar-refractivity contribution in [2.45, 2.75) is 25.7 Å². The van der Waals surface area contributed by atoms with Crippen molar-refractivity contribution < 1.29 is 14.2 Å². The number of fused-ring (bicyclic) bond motifs is 1. The topological polar surface area (TPSA) is 27.7 Å². The molecule has 0 spiro atoms. The summed E-state index contributed by atoms with van der Waals surface area (Å²) in [5, 5.41) is 0. The molecule has 0 aromatic rings. The summed E-state index contributed by atoms with van der Waals surface area (Å²) in [6, 6.07) is 0. The van der Waals surface area contributed by atoms with Gasteiger partial charge in [-0.25, -0.2) is 0 Å². The summed E-state index contributed by atoms with van der Waals surface area (Å²) in [6.45, 7) is 3.45. The van der Waals surface area contributed by atoms with Gasteiger partial charge in [0.25, 0.3) is 0 Å². The predicted molar refractivity (Wildman–Crippen MR) is 72.1 cm³/mol. The Morgan fingerprint density at radius 2 is 1.61 bits per heavy atom. The number of ether oxygens (including phenoxy) is 3. The molecule has 0 aromatic heterocycles. The Morgan fingerprint density at radius 3 is 2.22 bits per heavy atom. The van der Waals surface area contributed by atoms with Crippen LogP contribution in [-0.2, 0) is 14.2 Å². The highest BCUT2D eigenvalue weighted by Crippen LogP contribution is 2.61. The molecule has 0 aromatic carbocycles. The standard InChI is InChI=1S/C14H25ClO3/c1-16-4-5-18-7-6-17-3-2-14(11-15)9-12-8-13(12)10-14/h12-13H,2-11H2,1H3. The molecule has 0 N–H and O–H groups in total. The van der Waals surface area contributed by atoms with Crippen molar-refractivity contribution in [3.8, 4) is 0 Å². The first-order valence-corrected chi connectivity index (χ1v) is 7.53. The SMILES string of the molecule is COCCOCCOCCC1(CCl)CC2CC2C1. The van der Waals surface area contributed by atoms with Gasteiger partial charge in [0, 0.05) is 19.6 Å². The molecule has 2 rings (SSSR count). The van der Waals surface area contributed by atoms with E-state index in [4.69, 9.17) is 25.8 Å². The summed E-state index contributed by atoms with van der Waals surface area (Å²) < 4.78 is 15.9. The van der Waals surface area contributed by atoms with Crippen LogP contribution in [0, 0.1) is 17.3 Å². The van der Waals surface area contributed by atoms with E-state index in [9.17, 15) is 0 Å². The molecule has 2 aliphatic rings. The second kappa shape index (κ2) is 7.09.